The average Bonchev–Trinajstić information content (AvgIpc) is 3.47. The van der Waals surface area contributed by atoms with E-state index in [1.807, 2.05) is 84.9 Å². The normalized spacial score (nSPS) is 17.4. The van der Waals surface area contributed by atoms with Crippen molar-refractivity contribution in [2.24, 2.45) is 0 Å². The number of rotatable bonds is 10. The van der Waals surface area contributed by atoms with Crippen LogP contribution in [0.1, 0.15) is 12.0 Å². The van der Waals surface area contributed by atoms with E-state index < -0.39 is 33.9 Å². The molecule has 41 heavy (non-hydrogen) atoms. The van der Waals surface area contributed by atoms with E-state index in [4.69, 9.17) is 4.74 Å². The summed E-state index contributed by atoms with van der Waals surface area (Å²) in [4.78, 5) is 26.4. The molecule has 3 N–H and O–H groups in total. The highest BCUT2D eigenvalue weighted by atomic mass is 32.2. The Balaban J connectivity index is 1.22. The summed E-state index contributed by atoms with van der Waals surface area (Å²) in [6.07, 6.45) is 0.283. The topological polar surface area (TPSA) is 114 Å². The first-order chi connectivity index (χ1) is 19.9. The minimum atomic E-state index is -4.10. The number of carbonyl (C=O) groups is 2. The van der Waals surface area contributed by atoms with E-state index in [-0.39, 0.29) is 17.4 Å². The number of amides is 2. The molecule has 0 radical (unpaired) electrons. The van der Waals surface area contributed by atoms with E-state index in [2.05, 4.69) is 15.4 Å². The lowest BCUT2D eigenvalue weighted by atomic mass is 10.0. The van der Waals surface area contributed by atoms with Gasteiger partial charge in [-0.15, -0.1) is 0 Å². The molecular formula is C32H31N3O5S. The second-order valence-electron chi connectivity index (χ2n) is 9.86. The van der Waals surface area contributed by atoms with Crippen LogP contribution in [-0.4, -0.2) is 45.0 Å². The fourth-order valence-electron chi connectivity index (χ4n) is 4.74. The Morgan fingerprint density at radius 3 is 2.05 bits per heavy atom. The van der Waals surface area contributed by atoms with Crippen LogP contribution in [-0.2, 0) is 26.0 Å². The van der Waals surface area contributed by atoms with Gasteiger partial charge >= 0.3 is 0 Å². The van der Waals surface area contributed by atoms with Gasteiger partial charge in [-0.3, -0.25) is 9.59 Å². The van der Waals surface area contributed by atoms with Crippen molar-refractivity contribution in [1.82, 2.24) is 15.4 Å². The largest absolute Gasteiger partial charge is 0.489 e. The van der Waals surface area contributed by atoms with E-state index in [1.54, 1.807) is 18.2 Å². The molecule has 4 aromatic rings. The van der Waals surface area contributed by atoms with Gasteiger partial charge in [0.15, 0.2) is 0 Å². The Bertz CT molecular complexity index is 1560. The molecule has 1 heterocycles. The zero-order valence-corrected chi connectivity index (χ0v) is 23.1. The molecule has 0 bridgehead atoms. The lowest BCUT2D eigenvalue weighted by molar-refractivity contribution is -0.129. The van der Waals surface area contributed by atoms with Gasteiger partial charge in [0.05, 0.1) is 10.9 Å². The summed E-state index contributed by atoms with van der Waals surface area (Å²) in [6, 6.07) is 32.9. The molecule has 5 rings (SSSR count). The van der Waals surface area contributed by atoms with E-state index in [0.29, 0.717) is 18.7 Å². The average molecular weight is 570 g/mol. The molecule has 1 aliphatic heterocycles. The monoisotopic (exact) mass is 569 g/mol. The molecule has 1 saturated heterocycles. The van der Waals surface area contributed by atoms with Crippen LogP contribution in [0.2, 0.25) is 0 Å². The van der Waals surface area contributed by atoms with Crippen molar-refractivity contribution < 1.29 is 22.7 Å². The van der Waals surface area contributed by atoms with E-state index in [1.165, 1.54) is 12.1 Å². The van der Waals surface area contributed by atoms with Gasteiger partial charge < -0.3 is 15.4 Å². The van der Waals surface area contributed by atoms with Gasteiger partial charge in [0.2, 0.25) is 5.91 Å². The van der Waals surface area contributed by atoms with Crippen molar-refractivity contribution in [1.29, 1.82) is 0 Å². The number of ether oxygens (including phenoxy) is 1. The molecule has 1 fully saturated rings. The fraction of sp³-hybridized carbons (Fsp3) is 0.188. The SMILES string of the molecule is O=C(N[C@@H](Cc1ccccc1)C(=O)NS(=O)(=O)c1ccccc1)[C@@H]1C[C@H](Oc2ccc(-c3ccccc3)cc2)CN1. The lowest BCUT2D eigenvalue weighted by Crippen LogP contribution is -2.53. The van der Waals surface area contributed by atoms with Crippen LogP contribution in [0.25, 0.3) is 11.1 Å². The zero-order chi connectivity index (χ0) is 28.7. The smallest absolute Gasteiger partial charge is 0.264 e. The highest BCUT2D eigenvalue weighted by Crippen LogP contribution is 2.24. The zero-order valence-electron chi connectivity index (χ0n) is 22.3. The van der Waals surface area contributed by atoms with Crippen molar-refractivity contribution in [3.8, 4) is 16.9 Å². The van der Waals surface area contributed by atoms with Gasteiger partial charge in [-0.25, -0.2) is 13.1 Å². The van der Waals surface area contributed by atoms with Crippen LogP contribution >= 0.6 is 0 Å². The van der Waals surface area contributed by atoms with Crippen molar-refractivity contribution in [2.75, 3.05) is 6.54 Å². The molecule has 0 spiro atoms. The highest BCUT2D eigenvalue weighted by Gasteiger charge is 2.34. The lowest BCUT2D eigenvalue weighted by Gasteiger charge is -2.21. The maximum atomic E-state index is 13.2. The molecule has 0 aromatic heterocycles. The van der Waals surface area contributed by atoms with E-state index >= 15 is 0 Å². The Hall–Kier alpha value is -4.47. The number of sulfonamides is 1. The number of hydrogen-bond donors (Lipinski definition) is 3. The standard InChI is InChI=1S/C32H31N3O5S/c36-31(29-21-27(22-33-29)40-26-18-16-25(17-19-26)24-12-6-2-7-13-24)34-30(20-23-10-4-1-5-11-23)32(37)35-41(38,39)28-14-8-3-9-15-28/h1-19,27,29-30,33H,20-22H2,(H,34,36)(H,35,37)/t27-,29-,30-/m0/s1. The second-order valence-corrected chi connectivity index (χ2v) is 11.5. The van der Waals surface area contributed by atoms with Crippen LogP contribution in [0, 0.1) is 0 Å². The summed E-state index contributed by atoms with van der Waals surface area (Å²) in [5.74, 6) is -0.510. The van der Waals surface area contributed by atoms with Crippen LogP contribution in [0.3, 0.4) is 0 Å². The van der Waals surface area contributed by atoms with Crippen LogP contribution in [0.15, 0.2) is 120 Å². The Labute approximate surface area is 239 Å². The number of carbonyl (C=O) groups excluding carboxylic acids is 2. The summed E-state index contributed by atoms with van der Waals surface area (Å²) < 4.78 is 33.8. The maximum absolute atomic E-state index is 13.2. The highest BCUT2D eigenvalue weighted by molar-refractivity contribution is 7.90. The third kappa shape index (κ3) is 7.39. The number of hydrogen-bond acceptors (Lipinski definition) is 6. The Kier molecular flexibility index (Phi) is 8.76. The molecule has 0 aliphatic carbocycles. The Morgan fingerprint density at radius 2 is 1.39 bits per heavy atom. The van der Waals surface area contributed by atoms with Crippen molar-refractivity contribution in [3.05, 3.63) is 121 Å². The number of benzene rings is 4. The third-order valence-electron chi connectivity index (χ3n) is 6.88. The van der Waals surface area contributed by atoms with Crippen LogP contribution < -0.4 is 20.1 Å². The van der Waals surface area contributed by atoms with Gasteiger partial charge in [0.1, 0.15) is 17.9 Å². The molecule has 0 saturated carbocycles. The minimum absolute atomic E-state index is 0.0348. The molecular weight excluding hydrogens is 538 g/mol. The van der Waals surface area contributed by atoms with Crippen LogP contribution in [0.4, 0.5) is 0 Å². The molecule has 9 heteroatoms. The van der Waals surface area contributed by atoms with Crippen molar-refractivity contribution in [2.45, 2.75) is 35.9 Å². The predicted octanol–water partition coefficient (Wildman–Crippen LogP) is 3.70. The molecule has 0 unspecified atom stereocenters. The van der Waals surface area contributed by atoms with Gasteiger partial charge in [0, 0.05) is 19.4 Å². The molecule has 210 valence electrons. The van der Waals surface area contributed by atoms with E-state index in [9.17, 15) is 18.0 Å². The predicted molar refractivity (Wildman–Crippen MR) is 157 cm³/mol. The fourth-order valence-corrected chi connectivity index (χ4v) is 5.78. The van der Waals surface area contributed by atoms with E-state index in [0.717, 1.165) is 16.7 Å². The minimum Gasteiger partial charge on any atom is -0.489 e. The molecule has 1 aliphatic rings. The summed E-state index contributed by atoms with van der Waals surface area (Å²) in [5, 5.41) is 5.92. The molecule has 4 aromatic carbocycles. The van der Waals surface area contributed by atoms with Gasteiger partial charge in [0.25, 0.3) is 15.9 Å². The number of nitrogens with one attached hydrogen (secondary N) is 3. The van der Waals surface area contributed by atoms with Gasteiger partial charge in [-0.05, 0) is 41.0 Å². The first-order valence-corrected chi connectivity index (χ1v) is 14.9. The maximum Gasteiger partial charge on any atom is 0.264 e. The van der Waals surface area contributed by atoms with Crippen molar-refractivity contribution >= 4 is 21.8 Å². The van der Waals surface area contributed by atoms with Gasteiger partial charge in [-0.2, -0.15) is 0 Å². The summed E-state index contributed by atoms with van der Waals surface area (Å²) in [5.41, 5.74) is 2.98. The van der Waals surface area contributed by atoms with Gasteiger partial charge in [-0.1, -0.05) is 91.0 Å². The van der Waals surface area contributed by atoms with Crippen LogP contribution in [0.5, 0.6) is 5.75 Å². The first kappa shape index (κ1) is 28.1. The molecule has 2 amide bonds. The summed E-state index contributed by atoms with van der Waals surface area (Å²) in [7, 11) is -4.10. The third-order valence-corrected chi connectivity index (χ3v) is 8.24. The molecule has 3 atom stereocenters. The molecule has 8 nitrogen and oxygen atoms in total. The summed E-state index contributed by atoms with van der Waals surface area (Å²) in [6.45, 7) is 0.455. The summed E-state index contributed by atoms with van der Waals surface area (Å²) >= 11 is 0. The first-order valence-electron chi connectivity index (χ1n) is 13.4. The Morgan fingerprint density at radius 1 is 0.805 bits per heavy atom. The quantitative estimate of drug-likeness (QED) is 0.269. The second kappa shape index (κ2) is 12.8. The van der Waals surface area contributed by atoms with Crippen molar-refractivity contribution in [3.63, 3.8) is 0 Å².